The Labute approximate surface area is 137 Å². The lowest BCUT2D eigenvalue weighted by Gasteiger charge is -2.07. The van der Waals surface area contributed by atoms with Crippen LogP contribution in [-0.2, 0) is 0 Å². The monoisotopic (exact) mass is 329 g/mol. The Kier molecular flexibility index (Phi) is 4.17. The molecule has 0 unspecified atom stereocenters. The highest BCUT2D eigenvalue weighted by atomic mass is 35.5. The van der Waals surface area contributed by atoms with Crippen LogP contribution in [0.15, 0.2) is 59.0 Å². The Morgan fingerprint density at radius 1 is 1.13 bits per heavy atom. The summed E-state index contributed by atoms with van der Waals surface area (Å²) in [5, 5.41) is 3.26. The van der Waals surface area contributed by atoms with E-state index in [1.54, 1.807) is 36.4 Å². The van der Waals surface area contributed by atoms with E-state index in [2.05, 4.69) is 5.32 Å². The quantitative estimate of drug-likeness (QED) is 0.708. The lowest BCUT2D eigenvalue weighted by atomic mass is 10.1. The summed E-state index contributed by atoms with van der Waals surface area (Å²) in [5.74, 6) is -0.420. The van der Waals surface area contributed by atoms with Gasteiger partial charge in [0.1, 0.15) is 11.6 Å². The van der Waals surface area contributed by atoms with Crippen molar-refractivity contribution < 1.29 is 13.6 Å². The lowest BCUT2D eigenvalue weighted by Crippen LogP contribution is -2.11. The highest BCUT2D eigenvalue weighted by Gasteiger charge is 2.15. The Morgan fingerprint density at radius 2 is 1.91 bits per heavy atom. The van der Waals surface area contributed by atoms with Gasteiger partial charge in [0.15, 0.2) is 5.76 Å². The molecule has 3 rings (SSSR count). The van der Waals surface area contributed by atoms with Gasteiger partial charge in [0, 0.05) is 10.7 Å². The summed E-state index contributed by atoms with van der Waals surface area (Å²) in [5.41, 5.74) is 1.79. The zero-order valence-corrected chi connectivity index (χ0v) is 13.0. The first-order chi connectivity index (χ1) is 11.0. The van der Waals surface area contributed by atoms with E-state index in [-0.39, 0.29) is 5.76 Å². The van der Waals surface area contributed by atoms with Gasteiger partial charge in [-0.25, -0.2) is 4.39 Å². The third-order valence-electron chi connectivity index (χ3n) is 3.42. The van der Waals surface area contributed by atoms with E-state index in [1.807, 2.05) is 13.0 Å². The van der Waals surface area contributed by atoms with Crippen molar-refractivity contribution in [1.29, 1.82) is 0 Å². The van der Waals surface area contributed by atoms with E-state index in [1.165, 1.54) is 12.1 Å². The molecule has 0 aliphatic rings. The number of nitrogens with one attached hydrogen (secondary N) is 1. The van der Waals surface area contributed by atoms with Crippen molar-refractivity contribution in [2.45, 2.75) is 6.92 Å². The first-order valence-corrected chi connectivity index (χ1v) is 7.34. The largest absolute Gasteiger partial charge is 0.451 e. The van der Waals surface area contributed by atoms with Gasteiger partial charge in [0.2, 0.25) is 0 Å². The summed E-state index contributed by atoms with van der Waals surface area (Å²) in [7, 11) is 0. The van der Waals surface area contributed by atoms with Gasteiger partial charge >= 0.3 is 0 Å². The summed E-state index contributed by atoms with van der Waals surface area (Å²) in [4.78, 5) is 12.3. The van der Waals surface area contributed by atoms with E-state index < -0.39 is 11.7 Å². The number of anilines is 1. The summed E-state index contributed by atoms with van der Waals surface area (Å²) in [6.07, 6.45) is 0. The Hall–Kier alpha value is -2.59. The number of amides is 1. The van der Waals surface area contributed by atoms with Crippen molar-refractivity contribution in [3.05, 3.63) is 76.8 Å². The number of rotatable bonds is 3. The third-order valence-corrected chi connectivity index (χ3v) is 3.65. The molecule has 1 N–H and O–H groups in total. The standard InChI is InChI=1S/C18H13ClFNO2/c1-11-6-7-12(19)10-15(11)21-18(22)17-9-8-16(23-17)13-4-2-3-5-14(13)20/h2-10H,1H3,(H,21,22). The van der Waals surface area contributed by atoms with Gasteiger partial charge in [-0.15, -0.1) is 0 Å². The zero-order valence-electron chi connectivity index (χ0n) is 12.3. The topological polar surface area (TPSA) is 42.2 Å². The van der Waals surface area contributed by atoms with Crippen LogP contribution in [0, 0.1) is 12.7 Å². The minimum atomic E-state index is -0.419. The predicted octanol–water partition coefficient (Wildman–Crippen LogP) is 5.30. The Bertz CT molecular complexity index is 873. The van der Waals surface area contributed by atoms with Gasteiger partial charge in [-0.05, 0) is 48.9 Å². The molecule has 0 spiro atoms. The van der Waals surface area contributed by atoms with Crippen molar-refractivity contribution in [2.75, 3.05) is 5.32 Å². The summed E-state index contributed by atoms with van der Waals surface area (Å²) in [6.45, 7) is 1.86. The smallest absolute Gasteiger partial charge is 0.291 e. The van der Waals surface area contributed by atoms with Crippen LogP contribution in [0.2, 0.25) is 5.02 Å². The molecule has 1 aromatic heterocycles. The summed E-state index contributed by atoms with van der Waals surface area (Å²) >= 11 is 5.93. The number of halogens is 2. The minimum absolute atomic E-state index is 0.0997. The van der Waals surface area contributed by atoms with Gasteiger partial charge < -0.3 is 9.73 Å². The minimum Gasteiger partial charge on any atom is -0.451 e. The first kappa shape index (κ1) is 15.3. The van der Waals surface area contributed by atoms with Crippen molar-refractivity contribution in [1.82, 2.24) is 0 Å². The van der Waals surface area contributed by atoms with E-state index in [9.17, 15) is 9.18 Å². The van der Waals surface area contributed by atoms with Crippen molar-refractivity contribution >= 4 is 23.2 Å². The van der Waals surface area contributed by atoms with E-state index in [4.69, 9.17) is 16.0 Å². The van der Waals surface area contributed by atoms with Crippen LogP contribution in [0.5, 0.6) is 0 Å². The molecule has 3 aromatic rings. The molecule has 0 bridgehead atoms. The molecule has 0 radical (unpaired) electrons. The van der Waals surface area contributed by atoms with Gasteiger partial charge in [-0.1, -0.05) is 29.8 Å². The second-order valence-electron chi connectivity index (χ2n) is 5.06. The number of benzene rings is 2. The lowest BCUT2D eigenvalue weighted by molar-refractivity contribution is 0.0997. The molecule has 116 valence electrons. The average Bonchev–Trinajstić information content (AvgIpc) is 3.01. The predicted molar refractivity (Wildman–Crippen MR) is 88.2 cm³/mol. The van der Waals surface area contributed by atoms with Gasteiger partial charge in [0.05, 0.1) is 5.56 Å². The van der Waals surface area contributed by atoms with E-state index in [0.717, 1.165) is 5.56 Å². The number of carbonyl (C=O) groups is 1. The van der Waals surface area contributed by atoms with E-state index >= 15 is 0 Å². The fourth-order valence-corrected chi connectivity index (χ4v) is 2.35. The molecular formula is C18H13ClFNO2. The molecule has 23 heavy (non-hydrogen) atoms. The molecule has 0 fully saturated rings. The van der Waals surface area contributed by atoms with Gasteiger partial charge in [-0.2, -0.15) is 0 Å². The molecule has 3 nitrogen and oxygen atoms in total. The molecule has 5 heteroatoms. The maximum atomic E-state index is 13.8. The number of furan rings is 1. The zero-order chi connectivity index (χ0) is 16.4. The maximum Gasteiger partial charge on any atom is 0.291 e. The molecule has 0 saturated heterocycles. The second-order valence-corrected chi connectivity index (χ2v) is 5.49. The molecule has 2 aromatic carbocycles. The van der Waals surface area contributed by atoms with E-state index in [0.29, 0.717) is 22.0 Å². The molecule has 0 aliphatic carbocycles. The molecule has 0 saturated carbocycles. The number of aryl methyl sites for hydroxylation is 1. The average molecular weight is 330 g/mol. The van der Waals surface area contributed by atoms with Crippen molar-refractivity contribution in [2.24, 2.45) is 0 Å². The Balaban J connectivity index is 1.84. The molecule has 1 heterocycles. The highest BCUT2D eigenvalue weighted by Crippen LogP contribution is 2.26. The molecule has 0 atom stereocenters. The Morgan fingerprint density at radius 3 is 2.70 bits per heavy atom. The summed E-state index contributed by atoms with van der Waals surface area (Å²) in [6, 6.07) is 14.5. The van der Waals surface area contributed by atoms with Crippen LogP contribution in [-0.4, -0.2) is 5.91 Å². The van der Waals surface area contributed by atoms with Crippen LogP contribution in [0.3, 0.4) is 0 Å². The van der Waals surface area contributed by atoms with Crippen LogP contribution < -0.4 is 5.32 Å². The van der Waals surface area contributed by atoms with Crippen LogP contribution in [0.25, 0.3) is 11.3 Å². The summed E-state index contributed by atoms with van der Waals surface area (Å²) < 4.78 is 19.2. The van der Waals surface area contributed by atoms with Gasteiger partial charge in [0.25, 0.3) is 5.91 Å². The van der Waals surface area contributed by atoms with Crippen LogP contribution in [0.4, 0.5) is 10.1 Å². The first-order valence-electron chi connectivity index (χ1n) is 6.97. The highest BCUT2D eigenvalue weighted by molar-refractivity contribution is 6.31. The molecular weight excluding hydrogens is 317 g/mol. The molecule has 1 amide bonds. The SMILES string of the molecule is Cc1ccc(Cl)cc1NC(=O)c1ccc(-c2ccccc2F)o1. The normalized spacial score (nSPS) is 10.6. The van der Waals surface area contributed by atoms with Crippen molar-refractivity contribution in [3.63, 3.8) is 0 Å². The number of hydrogen-bond donors (Lipinski definition) is 1. The number of hydrogen-bond acceptors (Lipinski definition) is 2. The fourth-order valence-electron chi connectivity index (χ4n) is 2.18. The maximum absolute atomic E-state index is 13.8. The second kappa shape index (κ2) is 6.26. The van der Waals surface area contributed by atoms with Crippen LogP contribution >= 0.6 is 11.6 Å². The fraction of sp³-hybridized carbons (Fsp3) is 0.0556. The van der Waals surface area contributed by atoms with Crippen molar-refractivity contribution in [3.8, 4) is 11.3 Å². The molecule has 0 aliphatic heterocycles. The number of carbonyl (C=O) groups excluding carboxylic acids is 1. The van der Waals surface area contributed by atoms with Crippen LogP contribution in [0.1, 0.15) is 16.1 Å². The van der Waals surface area contributed by atoms with Gasteiger partial charge in [-0.3, -0.25) is 4.79 Å². The third kappa shape index (κ3) is 3.27.